The molecule has 0 aliphatic carbocycles. The Morgan fingerprint density at radius 2 is 2.17 bits per heavy atom. The summed E-state index contributed by atoms with van der Waals surface area (Å²) in [5, 5.41) is 10.1. The fourth-order valence-electron chi connectivity index (χ4n) is 0.501. The highest BCUT2D eigenvalue weighted by atomic mass is 32.2. The van der Waals surface area contributed by atoms with E-state index >= 15 is 0 Å². The Labute approximate surface area is 77.8 Å². The summed E-state index contributed by atoms with van der Waals surface area (Å²) in [5.41, 5.74) is 0. The first-order valence-electron chi connectivity index (χ1n) is 4.07. The van der Waals surface area contributed by atoms with Gasteiger partial charge in [-0.2, -0.15) is 0 Å². The van der Waals surface area contributed by atoms with Crippen LogP contribution in [0.1, 0.15) is 27.2 Å². The minimum Gasteiger partial charge on any atom is -0.306 e. The van der Waals surface area contributed by atoms with E-state index in [0.29, 0.717) is 12.3 Å². The van der Waals surface area contributed by atoms with Gasteiger partial charge in [-0.1, -0.05) is 32.5 Å². The van der Waals surface area contributed by atoms with Gasteiger partial charge in [0.25, 0.3) is 0 Å². The van der Waals surface area contributed by atoms with E-state index in [2.05, 4.69) is 19.2 Å². The third kappa shape index (κ3) is 6.22. The second-order valence-corrected chi connectivity index (χ2v) is 3.97. The van der Waals surface area contributed by atoms with Crippen LogP contribution in [0, 0.1) is 11.3 Å². The Hall–Kier alpha value is -0.510. The van der Waals surface area contributed by atoms with Crippen LogP contribution in [0.2, 0.25) is 0 Å². The molecule has 0 unspecified atom stereocenters. The van der Waals surface area contributed by atoms with Crippen LogP contribution in [0.25, 0.3) is 0 Å². The van der Waals surface area contributed by atoms with Crippen LogP contribution in [0.5, 0.6) is 0 Å². The van der Waals surface area contributed by atoms with Crippen LogP contribution < -0.4 is 5.32 Å². The summed E-state index contributed by atoms with van der Waals surface area (Å²) < 4.78 is 0. The Kier molecular flexibility index (Phi) is 5.80. The van der Waals surface area contributed by atoms with Gasteiger partial charge in [0.15, 0.2) is 5.17 Å². The third-order valence-corrected chi connectivity index (χ3v) is 2.36. The van der Waals surface area contributed by atoms with E-state index in [-0.39, 0.29) is 11.1 Å². The predicted octanol–water partition coefficient (Wildman–Crippen LogP) is 1.84. The first-order valence-corrected chi connectivity index (χ1v) is 5.06. The molecule has 0 fully saturated rings. The molecular formula is C8H16N2OS. The summed E-state index contributed by atoms with van der Waals surface area (Å²) >= 11 is 1.38. The van der Waals surface area contributed by atoms with Crippen molar-refractivity contribution in [2.45, 2.75) is 27.2 Å². The summed E-state index contributed by atoms with van der Waals surface area (Å²) in [6, 6.07) is 0. The SMILES string of the molecule is CCC(=O)NC(=N)SCC(C)C. The molecule has 0 saturated carbocycles. The normalized spacial score (nSPS) is 10.0. The Bertz CT molecular complexity index is 168. The lowest BCUT2D eigenvalue weighted by Crippen LogP contribution is -2.27. The fraction of sp³-hybridized carbons (Fsp3) is 0.750. The Morgan fingerprint density at radius 3 is 2.58 bits per heavy atom. The van der Waals surface area contributed by atoms with E-state index in [1.54, 1.807) is 6.92 Å². The van der Waals surface area contributed by atoms with Crippen molar-refractivity contribution in [2.24, 2.45) is 5.92 Å². The van der Waals surface area contributed by atoms with Gasteiger partial charge < -0.3 is 5.32 Å². The van der Waals surface area contributed by atoms with Gasteiger partial charge in [-0.25, -0.2) is 0 Å². The van der Waals surface area contributed by atoms with Gasteiger partial charge in [-0.05, 0) is 5.92 Å². The van der Waals surface area contributed by atoms with Crippen LogP contribution >= 0.6 is 11.8 Å². The van der Waals surface area contributed by atoms with Gasteiger partial charge in [-0.15, -0.1) is 0 Å². The molecule has 1 amide bonds. The quantitative estimate of drug-likeness (QED) is 0.524. The second-order valence-electron chi connectivity index (χ2n) is 2.94. The van der Waals surface area contributed by atoms with Crippen LogP contribution in [0.4, 0.5) is 0 Å². The lowest BCUT2D eigenvalue weighted by molar-refractivity contribution is -0.119. The molecule has 3 nitrogen and oxygen atoms in total. The molecule has 70 valence electrons. The van der Waals surface area contributed by atoms with Crippen LogP contribution in [-0.2, 0) is 4.79 Å². The maximum absolute atomic E-state index is 10.8. The van der Waals surface area contributed by atoms with E-state index in [9.17, 15) is 4.79 Å². The molecule has 4 heteroatoms. The zero-order valence-corrected chi connectivity index (χ0v) is 8.62. The molecule has 0 aromatic carbocycles. The minimum absolute atomic E-state index is 0.0868. The standard InChI is InChI=1S/C8H16N2OS/c1-4-7(11)10-8(9)12-5-6(2)3/h6H,4-5H2,1-3H3,(H2,9,10,11). The number of hydrogen-bond acceptors (Lipinski definition) is 3. The number of amides is 1. The van der Waals surface area contributed by atoms with Gasteiger partial charge in [-0.3, -0.25) is 10.2 Å². The molecule has 0 aliphatic heterocycles. The maximum atomic E-state index is 10.8. The van der Waals surface area contributed by atoms with Crippen LogP contribution in [-0.4, -0.2) is 16.8 Å². The van der Waals surface area contributed by atoms with Gasteiger partial charge in [0.05, 0.1) is 0 Å². The Morgan fingerprint density at radius 1 is 1.58 bits per heavy atom. The first-order chi connectivity index (χ1) is 5.56. The van der Waals surface area contributed by atoms with Crippen molar-refractivity contribution in [3.63, 3.8) is 0 Å². The molecule has 0 bridgehead atoms. The minimum atomic E-state index is -0.0868. The molecule has 0 aliphatic rings. The molecule has 12 heavy (non-hydrogen) atoms. The molecule has 0 spiro atoms. The summed E-state index contributed by atoms with van der Waals surface area (Å²) in [6.45, 7) is 5.94. The molecule has 0 heterocycles. The second kappa shape index (κ2) is 6.06. The predicted molar refractivity (Wildman–Crippen MR) is 53.5 cm³/mol. The van der Waals surface area contributed by atoms with Crippen molar-refractivity contribution in [3.05, 3.63) is 0 Å². The number of rotatable bonds is 3. The van der Waals surface area contributed by atoms with E-state index in [1.165, 1.54) is 11.8 Å². The van der Waals surface area contributed by atoms with E-state index < -0.39 is 0 Å². The summed E-state index contributed by atoms with van der Waals surface area (Å²) in [7, 11) is 0. The van der Waals surface area contributed by atoms with Gasteiger partial charge in [0.2, 0.25) is 5.91 Å². The monoisotopic (exact) mass is 188 g/mol. The van der Waals surface area contributed by atoms with Crippen molar-refractivity contribution in [2.75, 3.05) is 5.75 Å². The number of nitrogens with one attached hydrogen (secondary N) is 2. The molecule has 2 N–H and O–H groups in total. The average Bonchev–Trinajstić information content (AvgIpc) is 2.00. The van der Waals surface area contributed by atoms with Crippen LogP contribution in [0.15, 0.2) is 0 Å². The highest BCUT2D eigenvalue weighted by molar-refractivity contribution is 8.13. The average molecular weight is 188 g/mol. The van der Waals surface area contributed by atoms with E-state index in [0.717, 1.165) is 5.75 Å². The molecule has 0 radical (unpaired) electrons. The highest BCUT2D eigenvalue weighted by Gasteiger charge is 2.03. The molecule has 0 rings (SSSR count). The maximum Gasteiger partial charge on any atom is 0.225 e. The van der Waals surface area contributed by atoms with Crippen molar-refractivity contribution < 1.29 is 4.79 Å². The van der Waals surface area contributed by atoms with Gasteiger partial charge in [0.1, 0.15) is 0 Å². The lowest BCUT2D eigenvalue weighted by atomic mass is 10.3. The lowest BCUT2D eigenvalue weighted by Gasteiger charge is -2.06. The molecule has 0 saturated heterocycles. The number of carbonyl (C=O) groups excluding carboxylic acids is 1. The summed E-state index contributed by atoms with van der Waals surface area (Å²) in [4.78, 5) is 10.8. The summed E-state index contributed by atoms with van der Waals surface area (Å²) in [5.74, 6) is 1.34. The van der Waals surface area contributed by atoms with Crippen molar-refractivity contribution in [1.29, 1.82) is 5.41 Å². The molecular weight excluding hydrogens is 172 g/mol. The third-order valence-electron chi connectivity index (χ3n) is 1.14. The molecule has 0 atom stereocenters. The molecule has 0 aromatic heterocycles. The van der Waals surface area contributed by atoms with Crippen molar-refractivity contribution >= 4 is 22.8 Å². The Balaban J connectivity index is 3.53. The van der Waals surface area contributed by atoms with E-state index in [4.69, 9.17) is 5.41 Å². The zero-order chi connectivity index (χ0) is 9.56. The van der Waals surface area contributed by atoms with Gasteiger partial charge in [0, 0.05) is 12.2 Å². The zero-order valence-electron chi connectivity index (χ0n) is 7.81. The molecule has 0 aromatic rings. The summed E-state index contributed by atoms with van der Waals surface area (Å²) in [6.07, 6.45) is 0.435. The van der Waals surface area contributed by atoms with Crippen molar-refractivity contribution in [3.8, 4) is 0 Å². The topological polar surface area (TPSA) is 53.0 Å². The van der Waals surface area contributed by atoms with E-state index in [1.807, 2.05) is 0 Å². The number of carbonyl (C=O) groups is 1. The first kappa shape index (κ1) is 11.5. The fourth-order valence-corrected chi connectivity index (χ4v) is 1.19. The van der Waals surface area contributed by atoms with Crippen LogP contribution in [0.3, 0.4) is 0 Å². The number of hydrogen-bond donors (Lipinski definition) is 2. The number of amidine groups is 1. The van der Waals surface area contributed by atoms with Crippen molar-refractivity contribution in [1.82, 2.24) is 5.32 Å². The highest BCUT2D eigenvalue weighted by Crippen LogP contribution is 2.06. The smallest absolute Gasteiger partial charge is 0.225 e. The largest absolute Gasteiger partial charge is 0.306 e. The van der Waals surface area contributed by atoms with Gasteiger partial charge >= 0.3 is 0 Å². The number of thioether (sulfide) groups is 1.